The number of sulfonamides is 1. The van der Waals surface area contributed by atoms with E-state index in [1.54, 1.807) is 37.3 Å². The van der Waals surface area contributed by atoms with Gasteiger partial charge < -0.3 is 10.4 Å². The van der Waals surface area contributed by atoms with Gasteiger partial charge in [-0.25, -0.2) is 8.42 Å². The molecule has 0 spiro atoms. The molecule has 2 N–H and O–H groups in total. The summed E-state index contributed by atoms with van der Waals surface area (Å²) in [7, 11) is -3.54. The molecule has 1 saturated heterocycles. The van der Waals surface area contributed by atoms with E-state index in [1.165, 1.54) is 10.4 Å². The van der Waals surface area contributed by atoms with E-state index in [0.29, 0.717) is 30.8 Å². The minimum Gasteiger partial charge on any atom is -0.507 e. The van der Waals surface area contributed by atoms with Gasteiger partial charge in [0.15, 0.2) is 0 Å². The number of carbonyl (C=O) groups is 1. The van der Waals surface area contributed by atoms with Crippen molar-refractivity contribution in [2.75, 3.05) is 13.1 Å². The summed E-state index contributed by atoms with van der Waals surface area (Å²) < 4.78 is 27.3. The number of benzene rings is 2. The molecule has 144 valence electrons. The molecule has 0 saturated carbocycles. The van der Waals surface area contributed by atoms with Gasteiger partial charge in [-0.15, -0.1) is 0 Å². The maximum Gasteiger partial charge on any atom is 0.255 e. The van der Waals surface area contributed by atoms with Crippen molar-refractivity contribution in [3.63, 3.8) is 0 Å². The van der Waals surface area contributed by atoms with Gasteiger partial charge in [0.2, 0.25) is 10.0 Å². The molecule has 1 aliphatic rings. The maximum absolute atomic E-state index is 12.9. The predicted molar refractivity (Wildman–Crippen MR) is 103 cm³/mol. The van der Waals surface area contributed by atoms with Crippen LogP contribution in [0.1, 0.15) is 34.3 Å². The second-order valence-electron chi connectivity index (χ2n) is 6.94. The van der Waals surface area contributed by atoms with Gasteiger partial charge in [-0.3, -0.25) is 4.79 Å². The summed E-state index contributed by atoms with van der Waals surface area (Å²) in [6.07, 6.45) is 1.06. The standard InChI is InChI=1S/C20H24N2O4S/c1-14-7-8-19(15(2)13-14)27(25,26)22-11-9-16(10-12-22)21-20(24)17-5-3-4-6-18(17)23/h3-8,13,16,23H,9-12H2,1-2H3,(H,21,24). The van der Waals surface area contributed by atoms with Crippen LogP contribution >= 0.6 is 0 Å². The fraction of sp³-hybridized carbons (Fsp3) is 0.350. The summed E-state index contributed by atoms with van der Waals surface area (Å²) in [6, 6.07) is 11.6. The number of piperidine rings is 1. The highest BCUT2D eigenvalue weighted by Crippen LogP contribution is 2.24. The molecule has 2 aromatic rings. The molecule has 27 heavy (non-hydrogen) atoms. The van der Waals surface area contributed by atoms with Crippen LogP contribution in [-0.2, 0) is 10.0 Å². The lowest BCUT2D eigenvalue weighted by Crippen LogP contribution is -2.46. The van der Waals surface area contributed by atoms with Gasteiger partial charge in [-0.05, 0) is 50.5 Å². The number of nitrogens with one attached hydrogen (secondary N) is 1. The van der Waals surface area contributed by atoms with Crippen molar-refractivity contribution in [1.82, 2.24) is 9.62 Å². The summed E-state index contributed by atoms with van der Waals surface area (Å²) in [5, 5.41) is 12.7. The number of aryl methyl sites for hydroxylation is 2. The molecule has 0 aromatic heterocycles. The molecule has 2 aromatic carbocycles. The first-order valence-corrected chi connectivity index (χ1v) is 10.4. The largest absolute Gasteiger partial charge is 0.507 e. The monoisotopic (exact) mass is 388 g/mol. The van der Waals surface area contributed by atoms with Crippen LogP contribution in [0.25, 0.3) is 0 Å². The molecule has 6 nitrogen and oxygen atoms in total. The number of aromatic hydroxyl groups is 1. The summed E-state index contributed by atoms with van der Waals surface area (Å²) >= 11 is 0. The Morgan fingerprint density at radius 2 is 1.78 bits per heavy atom. The van der Waals surface area contributed by atoms with E-state index in [4.69, 9.17) is 0 Å². The summed E-state index contributed by atoms with van der Waals surface area (Å²) in [5.74, 6) is -0.409. The second kappa shape index (κ2) is 7.70. The zero-order valence-corrected chi connectivity index (χ0v) is 16.3. The van der Waals surface area contributed by atoms with Crippen LogP contribution in [-0.4, -0.2) is 42.9 Å². The van der Waals surface area contributed by atoms with Crippen molar-refractivity contribution < 1.29 is 18.3 Å². The van der Waals surface area contributed by atoms with E-state index < -0.39 is 10.0 Å². The highest BCUT2D eigenvalue weighted by atomic mass is 32.2. The van der Waals surface area contributed by atoms with Gasteiger partial charge in [-0.2, -0.15) is 4.31 Å². The van der Waals surface area contributed by atoms with E-state index in [-0.39, 0.29) is 23.3 Å². The third-order valence-corrected chi connectivity index (χ3v) is 6.94. The van der Waals surface area contributed by atoms with E-state index in [0.717, 1.165) is 11.1 Å². The number of hydrogen-bond acceptors (Lipinski definition) is 4. The average Bonchev–Trinajstić information content (AvgIpc) is 2.62. The molecule has 0 unspecified atom stereocenters. The Hall–Kier alpha value is -2.38. The summed E-state index contributed by atoms with van der Waals surface area (Å²) in [6.45, 7) is 4.43. The van der Waals surface area contributed by atoms with Crippen molar-refractivity contribution in [2.24, 2.45) is 0 Å². The van der Waals surface area contributed by atoms with Crippen molar-refractivity contribution in [1.29, 1.82) is 0 Å². The first-order chi connectivity index (χ1) is 12.8. The van der Waals surface area contributed by atoms with Crippen LogP contribution in [0.4, 0.5) is 0 Å². The topological polar surface area (TPSA) is 86.7 Å². The van der Waals surface area contributed by atoms with Crippen LogP contribution in [0.3, 0.4) is 0 Å². The Morgan fingerprint density at radius 1 is 1.11 bits per heavy atom. The minimum absolute atomic E-state index is 0.0649. The van der Waals surface area contributed by atoms with E-state index in [9.17, 15) is 18.3 Å². The zero-order valence-electron chi connectivity index (χ0n) is 15.5. The Labute approximate surface area is 159 Å². The Morgan fingerprint density at radius 3 is 2.41 bits per heavy atom. The Balaban J connectivity index is 1.65. The quantitative estimate of drug-likeness (QED) is 0.843. The number of carbonyl (C=O) groups excluding carboxylic acids is 1. The van der Waals surface area contributed by atoms with Gasteiger partial charge in [0.05, 0.1) is 10.5 Å². The van der Waals surface area contributed by atoms with Crippen LogP contribution in [0.15, 0.2) is 47.4 Å². The fourth-order valence-corrected chi connectivity index (χ4v) is 5.07. The van der Waals surface area contributed by atoms with Crippen molar-refractivity contribution in [3.8, 4) is 5.75 Å². The molecule has 0 aliphatic carbocycles. The summed E-state index contributed by atoms with van der Waals surface area (Å²) in [5.41, 5.74) is 1.99. The number of phenolic OH excluding ortho intramolecular Hbond substituents is 1. The highest BCUT2D eigenvalue weighted by Gasteiger charge is 2.31. The Kier molecular flexibility index (Phi) is 5.53. The van der Waals surface area contributed by atoms with Crippen LogP contribution in [0.2, 0.25) is 0 Å². The van der Waals surface area contributed by atoms with Gasteiger partial charge in [0.25, 0.3) is 5.91 Å². The van der Waals surface area contributed by atoms with Crippen molar-refractivity contribution >= 4 is 15.9 Å². The van der Waals surface area contributed by atoms with Gasteiger partial charge >= 0.3 is 0 Å². The predicted octanol–water partition coefficient (Wildman–Crippen LogP) is 2.59. The number of rotatable bonds is 4. The van der Waals surface area contributed by atoms with Crippen molar-refractivity contribution in [2.45, 2.75) is 37.6 Å². The number of para-hydroxylation sites is 1. The smallest absolute Gasteiger partial charge is 0.255 e. The minimum atomic E-state index is -3.54. The zero-order chi connectivity index (χ0) is 19.6. The molecular weight excluding hydrogens is 364 g/mol. The molecule has 1 aliphatic heterocycles. The third kappa shape index (κ3) is 4.14. The normalized spacial score (nSPS) is 16.2. The van der Waals surface area contributed by atoms with Crippen molar-refractivity contribution in [3.05, 3.63) is 59.2 Å². The lowest BCUT2D eigenvalue weighted by Gasteiger charge is -2.32. The van der Waals surface area contributed by atoms with Gasteiger partial charge in [-0.1, -0.05) is 29.8 Å². The number of nitrogens with zero attached hydrogens (tertiary/aromatic N) is 1. The molecular formula is C20H24N2O4S. The van der Waals surface area contributed by atoms with E-state index in [1.807, 2.05) is 13.0 Å². The number of amides is 1. The van der Waals surface area contributed by atoms with Crippen LogP contribution in [0.5, 0.6) is 5.75 Å². The second-order valence-corrected chi connectivity index (χ2v) is 8.84. The van der Waals surface area contributed by atoms with Crippen LogP contribution < -0.4 is 5.32 Å². The SMILES string of the molecule is Cc1ccc(S(=O)(=O)N2CCC(NC(=O)c3ccccc3O)CC2)c(C)c1. The lowest BCUT2D eigenvalue weighted by molar-refractivity contribution is 0.0921. The molecule has 3 rings (SSSR count). The van der Waals surface area contributed by atoms with Gasteiger partial charge in [0.1, 0.15) is 5.75 Å². The molecule has 0 bridgehead atoms. The maximum atomic E-state index is 12.9. The number of phenols is 1. The molecule has 0 atom stereocenters. The van der Waals surface area contributed by atoms with E-state index >= 15 is 0 Å². The fourth-order valence-electron chi connectivity index (χ4n) is 3.40. The third-order valence-electron chi connectivity index (χ3n) is 4.89. The average molecular weight is 388 g/mol. The highest BCUT2D eigenvalue weighted by molar-refractivity contribution is 7.89. The lowest BCUT2D eigenvalue weighted by atomic mass is 10.1. The molecule has 1 fully saturated rings. The summed E-state index contributed by atoms with van der Waals surface area (Å²) in [4.78, 5) is 12.6. The Bertz CT molecular complexity index is 948. The molecule has 0 radical (unpaired) electrons. The van der Waals surface area contributed by atoms with Crippen LogP contribution in [0, 0.1) is 13.8 Å². The molecule has 7 heteroatoms. The van der Waals surface area contributed by atoms with E-state index in [2.05, 4.69) is 5.32 Å². The molecule has 1 heterocycles. The first kappa shape index (κ1) is 19.4. The first-order valence-electron chi connectivity index (χ1n) is 8.95. The van der Waals surface area contributed by atoms with Gasteiger partial charge in [0, 0.05) is 19.1 Å². The molecule has 1 amide bonds. The number of hydrogen-bond donors (Lipinski definition) is 2.